The lowest BCUT2D eigenvalue weighted by molar-refractivity contribution is -0.146. The highest BCUT2D eigenvalue weighted by Crippen LogP contribution is 2.25. The monoisotopic (exact) mass is 257 g/mol. The van der Waals surface area contributed by atoms with Crippen molar-refractivity contribution in [1.29, 1.82) is 0 Å². The van der Waals surface area contributed by atoms with Crippen molar-refractivity contribution in [3.05, 3.63) is 0 Å². The molecule has 0 bridgehead atoms. The van der Waals surface area contributed by atoms with Gasteiger partial charge in [0.25, 0.3) is 0 Å². The van der Waals surface area contributed by atoms with Crippen LogP contribution in [0.1, 0.15) is 13.8 Å². The van der Waals surface area contributed by atoms with Gasteiger partial charge in [-0.25, -0.2) is 4.79 Å². The van der Waals surface area contributed by atoms with E-state index in [1.165, 1.54) is 7.05 Å². The van der Waals surface area contributed by atoms with Crippen LogP contribution in [0.15, 0.2) is 0 Å². The highest BCUT2D eigenvalue weighted by molar-refractivity contribution is 5.96. The van der Waals surface area contributed by atoms with E-state index < -0.39 is 24.0 Å². The van der Waals surface area contributed by atoms with Gasteiger partial charge in [0, 0.05) is 20.1 Å². The minimum absolute atomic E-state index is 0.0674. The molecule has 18 heavy (non-hydrogen) atoms. The number of likely N-dealkylation sites (tertiary alicyclic amines) is 1. The summed E-state index contributed by atoms with van der Waals surface area (Å²) in [5.74, 6) is -1.54. The summed E-state index contributed by atoms with van der Waals surface area (Å²) in [6, 6.07) is -0.970. The van der Waals surface area contributed by atoms with E-state index in [0.717, 1.165) is 0 Å². The minimum atomic E-state index is -0.817. The average molecular weight is 257 g/mol. The largest absolute Gasteiger partial charge is 0.481 e. The summed E-state index contributed by atoms with van der Waals surface area (Å²) in [5, 5.41) is 13.4. The summed E-state index contributed by atoms with van der Waals surface area (Å²) >= 11 is 0. The maximum absolute atomic E-state index is 11.6. The van der Waals surface area contributed by atoms with Crippen molar-refractivity contribution in [1.82, 2.24) is 15.5 Å². The predicted molar refractivity (Wildman–Crippen MR) is 63.9 cm³/mol. The predicted octanol–water partition coefficient (Wildman–Crippen LogP) is -0.517. The molecule has 1 saturated heterocycles. The topological polar surface area (TPSA) is 98.7 Å². The fourth-order valence-electron chi connectivity index (χ4n) is 1.83. The Bertz CT molecular complexity index is 352. The van der Waals surface area contributed by atoms with E-state index in [2.05, 4.69) is 10.6 Å². The van der Waals surface area contributed by atoms with Crippen molar-refractivity contribution in [2.24, 2.45) is 11.8 Å². The lowest BCUT2D eigenvalue weighted by atomic mass is 9.86. The van der Waals surface area contributed by atoms with Crippen LogP contribution in [-0.4, -0.2) is 54.1 Å². The van der Waals surface area contributed by atoms with E-state index in [9.17, 15) is 14.4 Å². The van der Waals surface area contributed by atoms with Crippen LogP contribution in [0.2, 0.25) is 0 Å². The molecule has 0 aliphatic carbocycles. The molecule has 0 aromatic carbocycles. The molecule has 0 saturated carbocycles. The normalized spacial score (nSPS) is 19.5. The van der Waals surface area contributed by atoms with Gasteiger partial charge in [-0.3, -0.25) is 19.8 Å². The van der Waals surface area contributed by atoms with Crippen LogP contribution in [0.5, 0.6) is 0 Å². The van der Waals surface area contributed by atoms with E-state index in [4.69, 9.17) is 5.11 Å². The number of carbonyl (C=O) groups is 3. The second kappa shape index (κ2) is 5.81. The molecule has 0 spiro atoms. The molecule has 3 N–H and O–H groups in total. The molecular formula is C11H19N3O4. The fraction of sp³-hybridized carbons (Fsp3) is 0.727. The van der Waals surface area contributed by atoms with E-state index in [-0.39, 0.29) is 11.8 Å². The molecule has 0 aromatic heterocycles. The molecule has 0 radical (unpaired) electrons. The summed E-state index contributed by atoms with van der Waals surface area (Å²) in [7, 11) is 1.43. The standard InChI is InChI=1S/C11H19N3O4/c1-6(10(16)17)8-4-14(5-8)7(2)9(15)13-11(18)12-3/h6-8H,4-5H2,1-3H3,(H,16,17)(H2,12,13,15,18). The van der Waals surface area contributed by atoms with Crippen LogP contribution in [0.3, 0.4) is 0 Å². The zero-order valence-corrected chi connectivity index (χ0v) is 10.8. The maximum Gasteiger partial charge on any atom is 0.321 e. The third-order valence-corrected chi connectivity index (χ3v) is 3.43. The highest BCUT2D eigenvalue weighted by atomic mass is 16.4. The molecular weight excluding hydrogens is 238 g/mol. The van der Waals surface area contributed by atoms with Crippen molar-refractivity contribution in [3.63, 3.8) is 0 Å². The van der Waals surface area contributed by atoms with Gasteiger partial charge in [-0.1, -0.05) is 6.92 Å². The Hall–Kier alpha value is -1.63. The molecule has 7 heteroatoms. The lowest BCUT2D eigenvalue weighted by Crippen LogP contribution is -2.59. The van der Waals surface area contributed by atoms with Gasteiger partial charge in [0.15, 0.2) is 0 Å². The Morgan fingerprint density at radius 2 is 1.83 bits per heavy atom. The smallest absolute Gasteiger partial charge is 0.321 e. The molecule has 102 valence electrons. The van der Waals surface area contributed by atoms with Crippen LogP contribution < -0.4 is 10.6 Å². The molecule has 3 amide bonds. The number of carboxylic acid groups (broad SMARTS) is 1. The zero-order valence-electron chi connectivity index (χ0n) is 10.8. The van der Waals surface area contributed by atoms with Gasteiger partial charge >= 0.3 is 12.0 Å². The van der Waals surface area contributed by atoms with Crippen LogP contribution in [0.4, 0.5) is 4.79 Å². The van der Waals surface area contributed by atoms with Gasteiger partial charge in [0.1, 0.15) is 0 Å². The second-order valence-electron chi connectivity index (χ2n) is 4.59. The number of hydrogen-bond acceptors (Lipinski definition) is 4. The number of urea groups is 1. The SMILES string of the molecule is CNC(=O)NC(=O)C(C)N1CC(C(C)C(=O)O)C1. The summed E-state index contributed by atoms with van der Waals surface area (Å²) in [4.78, 5) is 35.2. The van der Waals surface area contributed by atoms with Crippen molar-refractivity contribution in [2.45, 2.75) is 19.9 Å². The Balaban J connectivity index is 2.39. The van der Waals surface area contributed by atoms with E-state index in [0.29, 0.717) is 13.1 Å². The number of rotatable bonds is 4. The van der Waals surface area contributed by atoms with E-state index in [1.807, 2.05) is 4.90 Å². The molecule has 1 rings (SSSR count). The molecule has 2 unspecified atom stereocenters. The van der Waals surface area contributed by atoms with E-state index >= 15 is 0 Å². The zero-order chi connectivity index (χ0) is 13.9. The number of imide groups is 1. The van der Waals surface area contributed by atoms with Gasteiger partial charge in [-0.2, -0.15) is 0 Å². The molecule has 1 fully saturated rings. The van der Waals surface area contributed by atoms with Crippen molar-refractivity contribution < 1.29 is 19.5 Å². The number of nitrogens with one attached hydrogen (secondary N) is 2. The van der Waals surface area contributed by atoms with Crippen molar-refractivity contribution >= 4 is 17.9 Å². The van der Waals surface area contributed by atoms with Crippen LogP contribution in [0, 0.1) is 11.8 Å². The first-order valence-electron chi connectivity index (χ1n) is 5.86. The van der Waals surface area contributed by atoms with E-state index in [1.54, 1.807) is 13.8 Å². The Morgan fingerprint density at radius 3 is 2.28 bits per heavy atom. The van der Waals surface area contributed by atoms with Crippen LogP contribution >= 0.6 is 0 Å². The number of hydrogen-bond donors (Lipinski definition) is 3. The Labute approximate surface area is 106 Å². The van der Waals surface area contributed by atoms with Gasteiger partial charge in [0.05, 0.1) is 12.0 Å². The number of nitrogens with zero attached hydrogens (tertiary/aromatic N) is 1. The molecule has 2 atom stereocenters. The molecule has 1 heterocycles. The number of amides is 3. The maximum atomic E-state index is 11.6. The van der Waals surface area contributed by atoms with Gasteiger partial charge in [-0.15, -0.1) is 0 Å². The van der Waals surface area contributed by atoms with Crippen molar-refractivity contribution in [3.8, 4) is 0 Å². The quantitative estimate of drug-likeness (QED) is 0.629. The molecule has 1 aliphatic heterocycles. The minimum Gasteiger partial charge on any atom is -0.481 e. The summed E-state index contributed by atoms with van der Waals surface area (Å²) in [6.45, 7) is 4.49. The number of aliphatic carboxylic acids is 1. The second-order valence-corrected chi connectivity index (χ2v) is 4.59. The molecule has 0 aromatic rings. The molecule has 1 aliphatic rings. The Kier molecular flexibility index (Phi) is 4.66. The fourth-order valence-corrected chi connectivity index (χ4v) is 1.83. The van der Waals surface area contributed by atoms with Gasteiger partial charge in [-0.05, 0) is 12.8 Å². The Morgan fingerprint density at radius 1 is 1.28 bits per heavy atom. The number of carbonyl (C=O) groups excluding carboxylic acids is 2. The van der Waals surface area contributed by atoms with Crippen LogP contribution in [0.25, 0.3) is 0 Å². The summed E-state index contributed by atoms with van der Waals surface area (Å²) < 4.78 is 0. The van der Waals surface area contributed by atoms with Gasteiger partial charge < -0.3 is 10.4 Å². The first-order chi connectivity index (χ1) is 8.36. The third kappa shape index (κ3) is 3.19. The number of carboxylic acids is 1. The summed E-state index contributed by atoms with van der Waals surface area (Å²) in [5.41, 5.74) is 0. The van der Waals surface area contributed by atoms with Crippen LogP contribution in [-0.2, 0) is 9.59 Å². The first-order valence-corrected chi connectivity index (χ1v) is 5.86. The lowest BCUT2D eigenvalue weighted by Gasteiger charge is -2.44. The van der Waals surface area contributed by atoms with Gasteiger partial charge in [0.2, 0.25) is 5.91 Å². The summed E-state index contributed by atoms with van der Waals surface area (Å²) in [6.07, 6.45) is 0. The van der Waals surface area contributed by atoms with Crippen molar-refractivity contribution in [2.75, 3.05) is 20.1 Å². The first kappa shape index (κ1) is 14.4. The molecule has 7 nitrogen and oxygen atoms in total. The average Bonchev–Trinajstić information content (AvgIpc) is 2.26. The highest BCUT2D eigenvalue weighted by Gasteiger charge is 2.38. The third-order valence-electron chi connectivity index (χ3n) is 3.43.